The lowest BCUT2D eigenvalue weighted by Gasteiger charge is -2.09. The summed E-state index contributed by atoms with van der Waals surface area (Å²) in [6.07, 6.45) is 4.14. The van der Waals surface area contributed by atoms with E-state index in [4.69, 9.17) is 9.84 Å². The van der Waals surface area contributed by atoms with E-state index in [9.17, 15) is 0 Å². The van der Waals surface area contributed by atoms with Gasteiger partial charge >= 0.3 is 0 Å². The Kier molecular flexibility index (Phi) is 4.60. The molecule has 0 spiro atoms. The summed E-state index contributed by atoms with van der Waals surface area (Å²) < 4.78 is 7.18. The highest BCUT2D eigenvalue weighted by atomic mass is 16.5. The SMILES string of the molecule is COc1ccc(C#CCCO)cc1Cn1cccn1. The van der Waals surface area contributed by atoms with Crippen LogP contribution < -0.4 is 4.74 Å². The van der Waals surface area contributed by atoms with E-state index >= 15 is 0 Å². The standard InChI is InChI=1S/C15H16N2O2/c1-19-15-7-6-13(5-2-3-10-18)11-14(15)12-17-9-4-8-16-17/h4,6-9,11,18H,3,10,12H2,1H3. The maximum absolute atomic E-state index is 8.72. The quantitative estimate of drug-likeness (QED) is 0.847. The molecule has 98 valence electrons. The molecule has 4 heteroatoms. The summed E-state index contributed by atoms with van der Waals surface area (Å²) >= 11 is 0. The van der Waals surface area contributed by atoms with Gasteiger partial charge in [0.25, 0.3) is 0 Å². The number of ether oxygens (including phenoxy) is 1. The third-order valence-electron chi connectivity index (χ3n) is 2.64. The van der Waals surface area contributed by atoms with Gasteiger partial charge in [0.2, 0.25) is 0 Å². The average Bonchev–Trinajstić information content (AvgIpc) is 2.92. The lowest BCUT2D eigenvalue weighted by molar-refractivity contribution is 0.305. The first-order chi connectivity index (χ1) is 9.33. The molecule has 0 aliphatic carbocycles. The molecule has 0 atom stereocenters. The van der Waals surface area contributed by atoms with Crippen molar-refractivity contribution in [1.29, 1.82) is 0 Å². The van der Waals surface area contributed by atoms with E-state index in [0.717, 1.165) is 16.9 Å². The predicted molar refractivity (Wildman–Crippen MR) is 72.9 cm³/mol. The van der Waals surface area contributed by atoms with Crippen LogP contribution in [0.3, 0.4) is 0 Å². The van der Waals surface area contributed by atoms with Crippen molar-refractivity contribution in [2.75, 3.05) is 13.7 Å². The monoisotopic (exact) mass is 256 g/mol. The molecule has 0 unspecified atom stereocenters. The summed E-state index contributed by atoms with van der Waals surface area (Å²) in [4.78, 5) is 0. The van der Waals surface area contributed by atoms with Gasteiger partial charge in [0, 0.05) is 29.9 Å². The molecule has 2 aromatic rings. The molecule has 0 amide bonds. The van der Waals surface area contributed by atoms with Crippen LogP contribution in [-0.4, -0.2) is 28.6 Å². The van der Waals surface area contributed by atoms with Gasteiger partial charge in [-0.1, -0.05) is 11.8 Å². The van der Waals surface area contributed by atoms with E-state index in [-0.39, 0.29) is 6.61 Å². The molecule has 1 aromatic heterocycles. The number of hydrogen-bond donors (Lipinski definition) is 1. The molecule has 0 fully saturated rings. The van der Waals surface area contributed by atoms with Crippen LogP contribution in [0.4, 0.5) is 0 Å². The van der Waals surface area contributed by atoms with Gasteiger partial charge in [-0.25, -0.2) is 0 Å². The van der Waals surface area contributed by atoms with Gasteiger partial charge in [-0.2, -0.15) is 5.10 Å². The van der Waals surface area contributed by atoms with Crippen LogP contribution in [0.1, 0.15) is 17.5 Å². The summed E-state index contributed by atoms with van der Waals surface area (Å²) in [7, 11) is 1.65. The Hall–Kier alpha value is -2.25. The van der Waals surface area contributed by atoms with E-state index in [1.165, 1.54) is 0 Å². The van der Waals surface area contributed by atoms with Gasteiger partial charge < -0.3 is 9.84 Å². The first kappa shape index (κ1) is 13.2. The normalized spacial score (nSPS) is 9.79. The minimum atomic E-state index is 0.0866. The number of aliphatic hydroxyl groups is 1. The fraction of sp³-hybridized carbons (Fsp3) is 0.267. The third-order valence-corrected chi connectivity index (χ3v) is 2.64. The minimum absolute atomic E-state index is 0.0866. The second-order valence-corrected chi connectivity index (χ2v) is 4.01. The molecule has 0 saturated heterocycles. The predicted octanol–water partition coefficient (Wildman–Crippen LogP) is 1.67. The van der Waals surface area contributed by atoms with Crippen molar-refractivity contribution in [3.05, 3.63) is 47.8 Å². The van der Waals surface area contributed by atoms with E-state index < -0.39 is 0 Å². The summed E-state index contributed by atoms with van der Waals surface area (Å²) in [5.41, 5.74) is 1.94. The molecule has 2 rings (SSSR count). The molecule has 1 heterocycles. The molecule has 0 aliphatic heterocycles. The van der Waals surface area contributed by atoms with Crippen molar-refractivity contribution in [1.82, 2.24) is 9.78 Å². The Balaban J connectivity index is 2.24. The van der Waals surface area contributed by atoms with Crippen molar-refractivity contribution >= 4 is 0 Å². The molecule has 0 bridgehead atoms. The second kappa shape index (κ2) is 6.62. The number of methoxy groups -OCH3 is 1. The molecule has 1 N–H and O–H groups in total. The molecule has 4 nitrogen and oxygen atoms in total. The Bertz CT molecular complexity index is 580. The molecular weight excluding hydrogens is 240 g/mol. The fourth-order valence-corrected chi connectivity index (χ4v) is 1.77. The Morgan fingerprint density at radius 1 is 1.42 bits per heavy atom. The lowest BCUT2D eigenvalue weighted by Crippen LogP contribution is -2.02. The van der Waals surface area contributed by atoms with Crippen LogP contribution in [0, 0.1) is 11.8 Å². The molecular formula is C15H16N2O2. The zero-order valence-electron chi connectivity index (χ0n) is 10.8. The highest BCUT2D eigenvalue weighted by Crippen LogP contribution is 2.20. The van der Waals surface area contributed by atoms with Gasteiger partial charge in [0.15, 0.2) is 0 Å². The number of aromatic nitrogens is 2. The average molecular weight is 256 g/mol. The maximum atomic E-state index is 8.72. The van der Waals surface area contributed by atoms with E-state index in [1.54, 1.807) is 13.3 Å². The molecule has 19 heavy (non-hydrogen) atoms. The third kappa shape index (κ3) is 3.60. The largest absolute Gasteiger partial charge is 0.496 e. The van der Waals surface area contributed by atoms with Gasteiger partial charge in [-0.15, -0.1) is 0 Å². The zero-order valence-corrected chi connectivity index (χ0v) is 10.8. The fourth-order valence-electron chi connectivity index (χ4n) is 1.77. The maximum Gasteiger partial charge on any atom is 0.124 e. The van der Waals surface area contributed by atoms with Crippen molar-refractivity contribution in [2.45, 2.75) is 13.0 Å². The number of nitrogens with zero attached hydrogens (tertiary/aromatic N) is 2. The van der Waals surface area contributed by atoms with Gasteiger partial charge in [-0.3, -0.25) is 4.68 Å². The molecule has 0 aliphatic rings. The number of rotatable bonds is 4. The summed E-state index contributed by atoms with van der Waals surface area (Å²) in [5.74, 6) is 6.76. The van der Waals surface area contributed by atoms with Crippen LogP contribution in [0.25, 0.3) is 0 Å². The molecule has 1 aromatic carbocycles. The second-order valence-electron chi connectivity index (χ2n) is 4.01. The van der Waals surface area contributed by atoms with Crippen LogP contribution in [0.2, 0.25) is 0 Å². The minimum Gasteiger partial charge on any atom is -0.496 e. The zero-order chi connectivity index (χ0) is 13.5. The number of hydrogen-bond acceptors (Lipinski definition) is 3. The van der Waals surface area contributed by atoms with Crippen molar-refractivity contribution in [3.8, 4) is 17.6 Å². The van der Waals surface area contributed by atoms with Gasteiger partial charge in [-0.05, 0) is 24.3 Å². The van der Waals surface area contributed by atoms with E-state index in [2.05, 4.69) is 16.9 Å². The summed E-state index contributed by atoms with van der Waals surface area (Å²) in [6, 6.07) is 7.69. The van der Waals surface area contributed by atoms with Crippen LogP contribution in [0.15, 0.2) is 36.7 Å². The van der Waals surface area contributed by atoms with Gasteiger partial charge in [0.05, 0.1) is 20.3 Å². The molecule has 0 saturated carbocycles. The van der Waals surface area contributed by atoms with E-state index in [1.807, 2.05) is 35.1 Å². The van der Waals surface area contributed by atoms with Crippen LogP contribution in [-0.2, 0) is 6.54 Å². The topological polar surface area (TPSA) is 47.3 Å². The highest BCUT2D eigenvalue weighted by molar-refractivity contribution is 5.44. The first-order valence-corrected chi connectivity index (χ1v) is 6.07. The van der Waals surface area contributed by atoms with E-state index in [0.29, 0.717) is 13.0 Å². The van der Waals surface area contributed by atoms with Crippen LogP contribution >= 0.6 is 0 Å². The Morgan fingerprint density at radius 3 is 3.00 bits per heavy atom. The van der Waals surface area contributed by atoms with Crippen molar-refractivity contribution in [2.24, 2.45) is 0 Å². The number of benzene rings is 1. The smallest absolute Gasteiger partial charge is 0.124 e. The molecule has 0 radical (unpaired) electrons. The number of aliphatic hydroxyl groups excluding tert-OH is 1. The lowest BCUT2D eigenvalue weighted by atomic mass is 10.1. The summed E-state index contributed by atoms with van der Waals surface area (Å²) in [6.45, 7) is 0.731. The highest BCUT2D eigenvalue weighted by Gasteiger charge is 2.04. The Labute approximate surface area is 112 Å². The van der Waals surface area contributed by atoms with Crippen molar-refractivity contribution < 1.29 is 9.84 Å². The first-order valence-electron chi connectivity index (χ1n) is 6.07. The van der Waals surface area contributed by atoms with Crippen LogP contribution in [0.5, 0.6) is 5.75 Å². The van der Waals surface area contributed by atoms with Crippen molar-refractivity contribution in [3.63, 3.8) is 0 Å². The Morgan fingerprint density at radius 2 is 2.32 bits per heavy atom. The van der Waals surface area contributed by atoms with Gasteiger partial charge in [0.1, 0.15) is 5.75 Å². The summed E-state index contributed by atoms with van der Waals surface area (Å²) in [5, 5.41) is 12.9.